The molecule has 0 heterocycles. The molecule has 1 atom stereocenters. The Morgan fingerprint density at radius 2 is 1.76 bits per heavy atom. The lowest BCUT2D eigenvalue weighted by Gasteiger charge is -2.12. The minimum Gasteiger partial charge on any atom is -0.387 e. The standard InChI is InChI=1S/C17H20N2O2/c20-13-19-16-8-6-14(7-9-16)10-11-18-12-17(21)15-4-2-1-3-5-15/h1-9,13,17-18,21H,10-12H2,(H,19,20)/t17-/m0/s1. The van der Waals surface area contributed by atoms with Gasteiger partial charge in [-0.05, 0) is 36.2 Å². The van der Waals surface area contributed by atoms with Crippen molar-refractivity contribution in [2.45, 2.75) is 12.5 Å². The van der Waals surface area contributed by atoms with Gasteiger partial charge in [0.05, 0.1) is 6.10 Å². The topological polar surface area (TPSA) is 61.4 Å². The molecule has 4 nitrogen and oxygen atoms in total. The molecule has 3 N–H and O–H groups in total. The number of hydrogen-bond acceptors (Lipinski definition) is 3. The molecule has 0 spiro atoms. The van der Waals surface area contributed by atoms with E-state index in [-0.39, 0.29) is 0 Å². The predicted molar refractivity (Wildman–Crippen MR) is 84.1 cm³/mol. The third-order valence-corrected chi connectivity index (χ3v) is 3.29. The van der Waals surface area contributed by atoms with Crippen molar-refractivity contribution >= 4 is 12.1 Å². The summed E-state index contributed by atoms with van der Waals surface area (Å²) >= 11 is 0. The van der Waals surface area contributed by atoms with Crippen molar-refractivity contribution < 1.29 is 9.90 Å². The minimum atomic E-state index is -0.481. The summed E-state index contributed by atoms with van der Waals surface area (Å²) in [5, 5.41) is 15.9. The van der Waals surface area contributed by atoms with Crippen molar-refractivity contribution in [3.63, 3.8) is 0 Å². The summed E-state index contributed by atoms with van der Waals surface area (Å²) < 4.78 is 0. The van der Waals surface area contributed by atoms with Crippen molar-refractivity contribution in [3.8, 4) is 0 Å². The molecule has 0 aromatic heterocycles. The highest BCUT2D eigenvalue weighted by molar-refractivity contribution is 5.71. The van der Waals surface area contributed by atoms with Crippen LogP contribution in [-0.4, -0.2) is 24.6 Å². The van der Waals surface area contributed by atoms with E-state index in [4.69, 9.17) is 0 Å². The molecule has 2 aromatic carbocycles. The number of carbonyl (C=O) groups excluding carboxylic acids is 1. The molecule has 2 aromatic rings. The second-order valence-electron chi connectivity index (χ2n) is 4.84. The summed E-state index contributed by atoms with van der Waals surface area (Å²) in [7, 11) is 0. The Hall–Kier alpha value is -2.17. The monoisotopic (exact) mass is 284 g/mol. The van der Waals surface area contributed by atoms with E-state index in [0.717, 1.165) is 24.2 Å². The molecular weight excluding hydrogens is 264 g/mol. The lowest BCUT2D eigenvalue weighted by Crippen LogP contribution is -2.23. The zero-order valence-electron chi connectivity index (χ0n) is 11.8. The molecule has 0 aliphatic rings. The number of anilines is 1. The molecule has 4 heteroatoms. The van der Waals surface area contributed by atoms with Crippen LogP contribution in [-0.2, 0) is 11.2 Å². The molecular formula is C17H20N2O2. The Balaban J connectivity index is 1.71. The molecule has 0 aliphatic carbocycles. The number of nitrogens with one attached hydrogen (secondary N) is 2. The first-order valence-corrected chi connectivity index (χ1v) is 7.02. The van der Waals surface area contributed by atoms with Gasteiger partial charge in [0.1, 0.15) is 0 Å². The lowest BCUT2D eigenvalue weighted by atomic mass is 10.1. The summed E-state index contributed by atoms with van der Waals surface area (Å²) in [4.78, 5) is 10.3. The number of rotatable bonds is 8. The van der Waals surface area contributed by atoms with Crippen LogP contribution in [0, 0.1) is 0 Å². The smallest absolute Gasteiger partial charge is 0.211 e. The highest BCUT2D eigenvalue weighted by Crippen LogP contribution is 2.11. The van der Waals surface area contributed by atoms with Crippen LogP contribution >= 0.6 is 0 Å². The summed E-state index contributed by atoms with van der Waals surface area (Å²) in [5.74, 6) is 0. The van der Waals surface area contributed by atoms with Crippen LogP contribution in [0.15, 0.2) is 54.6 Å². The Morgan fingerprint density at radius 1 is 1.05 bits per heavy atom. The average molecular weight is 284 g/mol. The van der Waals surface area contributed by atoms with Gasteiger partial charge in [-0.15, -0.1) is 0 Å². The van der Waals surface area contributed by atoms with E-state index < -0.39 is 6.10 Å². The van der Waals surface area contributed by atoms with Gasteiger partial charge in [-0.25, -0.2) is 0 Å². The van der Waals surface area contributed by atoms with Crippen molar-refractivity contribution in [1.29, 1.82) is 0 Å². The Kier molecular flexibility index (Phi) is 5.94. The van der Waals surface area contributed by atoms with Crippen LogP contribution in [0.4, 0.5) is 5.69 Å². The fraction of sp³-hybridized carbons (Fsp3) is 0.235. The third kappa shape index (κ3) is 5.02. The Morgan fingerprint density at radius 3 is 2.43 bits per heavy atom. The Bertz CT molecular complexity index is 540. The third-order valence-electron chi connectivity index (χ3n) is 3.29. The summed E-state index contributed by atoms with van der Waals surface area (Å²) in [6.07, 6.45) is 1.06. The van der Waals surface area contributed by atoms with Crippen LogP contribution in [0.3, 0.4) is 0 Å². The van der Waals surface area contributed by atoms with Gasteiger partial charge in [-0.3, -0.25) is 4.79 Å². The zero-order valence-corrected chi connectivity index (χ0v) is 11.8. The van der Waals surface area contributed by atoms with Crippen LogP contribution in [0.5, 0.6) is 0 Å². The number of aliphatic hydroxyl groups excluding tert-OH is 1. The molecule has 0 aliphatic heterocycles. The van der Waals surface area contributed by atoms with Crippen molar-refractivity contribution in [2.24, 2.45) is 0 Å². The quantitative estimate of drug-likeness (QED) is 0.514. The number of carbonyl (C=O) groups is 1. The molecule has 0 saturated heterocycles. The summed E-state index contributed by atoms with van der Waals surface area (Å²) in [5.41, 5.74) is 2.91. The fourth-order valence-corrected chi connectivity index (χ4v) is 2.10. The Labute approximate surface area is 124 Å². The maximum Gasteiger partial charge on any atom is 0.211 e. The average Bonchev–Trinajstić information content (AvgIpc) is 2.54. The number of hydrogen-bond donors (Lipinski definition) is 3. The molecule has 110 valence electrons. The number of aliphatic hydroxyl groups is 1. The first-order valence-electron chi connectivity index (χ1n) is 7.02. The first kappa shape index (κ1) is 15.2. The van der Waals surface area contributed by atoms with Gasteiger partial charge in [0.15, 0.2) is 0 Å². The van der Waals surface area contributed by atoms with Gasteiger partial charge in [0.2, 0.25) is 6.41 Å². The normalized spacial score (nSPS) is 11.9. The van der Waals surface area contributed by atoms with Crippen LogP contribution in [0.25, 0.3) is 0 Å². The van der Waals surface area contributed by atoms with E-state index in [0.29, 0.717) is 13.0 Å². The van der Waals surface area contributed by atoms with Gasteiger partial charge in [0, 0.05) is 12.2 Å². The number of benzene rings is 2. The van der Waals surface area contributed by atoms with E-state index in [1.165, 1.54) is 5.56 Å². The minimum absolute atomic E-state index is 0.481. The van der Waals surface area contributed by atoms with E-state index in [1.807, 2.05) is 54.6 Å². The van der Waals surface area contributed by atoms with Gasteiger partial charge in [-0.2, -0.15) is 0 Å². The summed E-state index contributed by atoms with van der Waals surface area (Å²) in [6, 6.07) is 17.4. The van der Waals surface area contributed by atoms with E-state index >= 15 is 0 Å². The predicted octanol–water partition coefficient (Wildman–Crippen LogP) is 2.12. The van der Waals surface area contributed by atoms with Crippen molar-refractivity contribution in [1.82, 2.24) is 5.32 Å². The van der Waals surface area contributed by atoms with Crippen molar-refractivity contribution in [3.05, 3.63) is 65.7 Å². The van der Waals surface area contributed by atoms with E-state index in [2.05, 4.69) is 10.6 Å². The molecule has 0 radical (unpaired) electrons. The van der Waals surface area contributed by atoms with Gasteiger partial charge in [0.25, 0.3) is 0 Å². The maximum atomic E-state index is 10.3. The first-order chi connectivity index (χ1) is 10.3. The molecule has 2 rings (SSSR count). The molecule has 0 saturated carbocycles. The van der Waals surface area contributed by atoms with E-state index in [1.54, 1.807) is 0 Å². The highest BCUT2D eigenvalue weighted by atomic mass is 16.3. The van der Waals surface area contributed by atoms with Crippen LogP contribution in [0.1, 0.15) is 17.2 Å². The number of amides is 1. The molecule has 0 unspecified atom stereocenters. The molecule has 1 amide bonds. The van der Waals surface area contributed by atoms with Crippen LogP contribution in [0.2, 0.25) is 0 Å². The van der Waals surface area contributed by atoms with Gasteiger partial charge < -0.3 is 15.7 Å². The molecule has 0 fully saturated rings. The van der Waals surface area contributed by atoms with Gasteiger partial charge >= 0.3 is 0 Å². The zero-order chi connectivity index (χ0) is 14.9. The van der Waals surface area contributed by atoms with Crippen molar-refractivity contribution in [2.75, 3.05) is 18.4 Å². The second-order valence-corrected chi connectivity index (χ2v) is 4.84. The lowest BCUT2D eigenvalue weighted by molar-refractivity contribution is -0.105. The molecule has 0 bridgehead atoms. The second kappa shape index (κ2) is 8.19. The fourth-order valence-electron chi connectivity index (χ4n) is 2.10. The maximum absolute atomic E-state index is 10.3. The SMILES string of the molecule is O=CNc1ccc(CCNC[C@H](O)c2ccccc2)cc1. The largest absolute Gasteiger partial charge is 0.387 e. The molecule has 21 heavy (non-hydrogen) atoms. The van der Waals surface area contributed by atoms with Crippen LogP contribution < -0.4 is 10.6 Å². The highest BCUT2D eigenvalue weighted by Gasteiger charge is 2.05. The summed E-state index contributed by atoms with van der Waals surface area (Å²) in [6.45, 7) is 1.33. The van der Waals surface area contributed by atoms with E-state index in [9.17, 15) is 9.90 Å². The van der Waals surface area contributed by atoms with Gasteiger partial charge in [-0.1, -0.05) is 42.5 Å².